The molecule has 1 aliphatic rings. The van der Waals surface area contributed by atoms with Gasteiger partial charge in [-0.15, -0.1) is 0 Å². The minimum atomic E-state index is -3.54. The molecule has 1 saturated heterocycles. The molecule has 0 radical (unpaired) electrons. The Labute approximate surface area is 120 Å². The second kappa shape index (κ2) is 7.01. The molecule has 1 aromatic rings. The molecule has 1 aromatic heterocycles. The highest BCUT2D eigenvalue weighted by Crippen LogP contribution is 2.19. The molecule has 1 unspecified atom stereocenters. The third-order valence-corrected chi connectivity index (χ3v) is 4.71. The zero-order chi connectivity index (χ0) is 14.4. The van der Waals surface area contributed by atoms with Gasteiger partial charge in [0.05, 0.1) is 11.8 Å². The molecule has 1 atom stereocenters. The van der Waals surface area contributed by atoms with E-state index in [9.17, 15) is 8.42 Å². The second-order valence-corrected chi connectivity index (χ2v) is 6.46. The summed E-state index contributed by atoms with van der Waals surface area (Å²) in [4.78, 5) is 4.08. The van der Waals surface area contributed by atoms with Crippen LogP contribution in [0.15, 0.2) is 23.4 Å². The first-order valence-corrected chi connectivity index (χ1v) is 8.41. The monoisotopic (exact) mass is 299 g/mol. The minimum absolute atomic E-state index is 0.180. The second-order valence-electron chi connectivity index (χ2n) is 4.72. The van der Waals surface area contributed by atoms with E-state index < -0.39 is 10.0 Å². The largest absolute Gasteiger partial charge is 0.384 e. The number of sulfonamides is 1. The van der Waals surface area contributed by atoms with Crippen LogP contribution in [0.3, 0.4) is 0 Å². The quantitative estimate of drug-likeness (QED) is 0.794. The van der Waals surface area contributed by atoms with Crippen LogP contribution in [0, 0.1) is 0 Å². The number of nitrogens with zero attached hydrogens (tertiary/aromatic N) is 1. The van der Waals surface area contributed by atoms with Crippen molar-refractivity contribution in [3.05, 3.63) is 18.5 Å². The van der Waals surface area contributed by atoms with Gasteiger partial charge in [-0.3, -0.25) is 4.98 Å². The van der Waals surface area contributed by atoms with Gasteiger partial charge >= 0.3 is 0 Å². The van der Waals surface area contributed by atoms with Crippen molar-refractivity contribution < 1.29 is 13.2 Å². The van der Waals surface area contributed by atoms with Crippen LogP contribution in [-0.4, -0.2) is 39.2 Å². The Hall–Kier alpha value is -1.18. The average Bonchev–Trinajstić information content (AvgIpc) is 2.92. The molecule has 2 N–H and O–H groups in total. The van der Waals surface area contributed by atoms with Gasteiger partial charge in [0, 0.05) is 32.1 Å². The molecule has 0 aromatic carbocycles. The van der Waals surface area contributed by atoms with Gasteiger partial charge < -0.3 is 10.1 Å². The number of aromatic nitrogens is 1. The van der Waals surface area contributed by atoms with Gasteiger partial charge in [-0.05, 0) is 32.3 Å². The number of ether oxygens (including phenoxy) is 1. The third-order valence-electron chi connectivity index (χ3n) is 3.22. The Morgan fingerprint density at radius 1 is 1.50 bits per heavy atom. The molecule has 112 valence electrons. The van der Waals surface area contributed by atoms with E-state index in [1.54, 1.807) is 12.3 Å². The van der Waals surface area contributed by atoms with Crippen molar-refractivity contribution in [2.24, 2.45) is 0 Å². The smallest absolute Gasteiger partial charge is 0.244 e. The molecular formula is C13H21N3O3S. The fourth-order valence-corrected chi connectivity index (χ4v) is 3.41. The van der Waals surface area contributed by atoms with Crippen LogP contribution in [0.2, 0.25) is 0 Å². The van der Waals surface area contributed by atoms with Gasteiger partial charge in [0.2, 0.25) is 10.0 Å². The Morgan fingerprint density at radius 3 is 3.05 bits per heavy atom. The Balaban J connectivity index is 1.98. The average molecular weight is 299 g/mol. The number of hydrogen-bond donors (Lipinski definition) is 2. The van der Waals surface area contributed by atoms with Gasteiger partial charge in [-0.1, -0.05) is 0 Å². The summed E-state index contributed by atoms with van der Waals surface area (Å²) >= 11 is 0. The first-order valence-electron chi connectivity index (χ1n) is 6.92. The Bertz CT molecular complexity index is 527. The summed E-state index contributed by atoms with van der Waals surface area (Å²) in [6, 6.07) is 1.66. The van der Waals surface area contributed by atoms with Crippen LogP contribution >= 0.6 is 0 Å². The van der Waals surface area contributed by atoms with Gasteiger partial charge in [0.25, 0.3) is 0 Å². The molecule has 0 aliphatic carbocycles. The maximum Gasteiger partial charge on any atom is 0.244 e. The summed E-state index contributed by atoms with van der Waals surface area (Å²) in [5.41, 5.74) is 0.576. The number of hydrogen-bond acceptors (Lipinski definition) is 5. The first-order chi connectivity index (χ1) is 9.63. The molecule has 0 bridgehead atoms. The molecule has 6 nitrogen and oxygen atoms in total. The van der Waals surface area contributed by atoms with Crippen molar-refractivity contribution in [3.63, 3.8) is 0 Å². The topological polar surface area (TPSA) is 80.3 Å². The molecule has 2 rings (SSSR count). The first kappa shape index (κ1) is 15.2. The van der Waals surface area contributed by atoms with Crippen molar-refractivity contribution in [2.75, 3.05) is 25.0 Å². The zero-order valence-corrected chi connectivity index (χ0v) is 12.4. The molecule has 0 amide bonds. The number of pyridine rings is 1. The molecule has 0 spiro atoms. The number of nitrogens with one attached hydrogen (secondary N) is 2. The highest BCUT2D eigenvalue weighted by molar-refractivity contribution is 7.89. The lowest BCUT2D eigenvalue weighted by Crippen LogP contribution is -2.28. The van der Waals surface area contributed by atoms with E-state index in [1.165, 1.54) is 6.20 Å². The summed E-state index contributed by atoms with van der Waals surface area (Å²) in [7, 11) is -3.54. The number of rotatable bonds is 7. The van der Waals surface area contributed by atoms with E-state index in [4.69, 9.17) is 4.74 Å². The van der Waals surface area contributed by atoms with E-state index in [0.717, 1.165) is 19.4 Å². The summed E-state index contributed by atoms with van der Waals surface area (Å²) < 4.78 is 32.6. The molecule has 1 aliphatic heterocycles. The van der Waals surface area contributed by atoms with E-state index in [2.05, 4.69) is 15.0 Å². The third kappa shape index (κ3) is 3.91. The lowest BCUT2D eigenvalue weighted by Gasteiger charge is -2.13. The SMILES string of the molecule is CCNc1ccncc1S(=O)(=O)NCCC1CCCO1. The molecule has 7 heteroatoms. The van der Waals surface area contributed by atoms with E-state index in [0.29, 0.717) is 25.2 Å². The maximum absolute atomic E-state index is 12.3. The molecular weight excluding hydrogens is 278 g/mol. The van der Waals surface area contributed by atoms with Crippen LogP contribution in [0.25, 0.3) is 0 Å². The molecule has 0 saturated carbocycles. The van der Waals surface area contributed by atoms with Crippen molar-refractivity contribution >= 4 is 15.7 Å². The highest BCUT2D eigenvalue weighted by atomic mass is 32.2. The van der Waals surface area contributed by atoms with Crippen molar-refractivity contribution in [1.82, 2.24) is 9.71 Å². The fraction of sp³-hybridized carbons (Fsp3) is 0.615. The van der Waals surface area contributed by atoms with Crippen molar-refractivity contribution in [1.29, 1.82) is 0 Å². The van der Waals surface area contributed by atoms with Crippen LogP contribution in [0.5, 0.6) is 0 Å². The summed E-state index contributed by atoms with van der Waals surface area (Å²) in [6.45, 7) is 3.74. The standard InChI is InChI=1S/C13H21N3O3S/c1-2-15-12-6-7-14-10-13(12)20(17,18)16-8-5-11-4-3-9-19-11/h6-7,10-11,16H,2-5,8-9H2,1H3,(H,14,15). The summed E-state index contributed by atoms with van der Waals surface area (Å²) in [5.74, 6) is 0. The lowest BCUT2D eigenvalue weighted by molar-refractivity contribution is 0.105. The van der Waals surface area contributed by atoms with Gasteiger partial charge in [0.15, 0.2) is 0 Å². The van der Waals surface area contributed by atoms with Crippen LogP contribution in [0.1, 0.15) is 26.2 Å². The Kier molecular flexibility index (Phi) is 5.33. The van der Waals surface area contributed by atoms with Gasteiger partial charge in [-0.2, -0.15) is 0 Å². The van der Waals surface area contributed by atoms with Crippen LogP contribution in [-0.2, 0) is 14.8 Å². The maximum atomic E-state index is 12.3. The van der Waals surface area contributed by atoms with E-state index in [-0.39, 0.29) is 11.0 Å². The molecule has 2 heterocycles. The van der Waals surface area contributed by atoms with Crippen molar-refractivity contribution in [3.8, 4) is 0 Å². The van der Waals surface area contributed by atoms with Gasteiger partial charge in [-0.25, -0.2) is 13.1 Å². The van der Waals surface area contributed by atoms with Crippen LogP contribution < -0.4 is 10.0 Å². The van der Waals surface area contributed by atoms with Crippen molar-refractivity contribution in [2.45, 2.75) is 37.2 Å². The summed E-state index contributed by atoms with van der Waals surface area (Å²) in [5, 5.41) is 3.03. The fourth-order valence-electron chi connectivity index (χ4n) is 2.23. The zero-order valence-electron chi connectivity index (χ0n) is 11.6. The van der Waals surface area contributed by atoms with Crippen LogP contribution in [0.4, 0.5) is 5.69 Å². The molecule has 1 fully saturated rings. The van der Waals surface area contributed by atoms with Gasteiger partial charge in [0.1, 0.15) is 4.90 Å². The van der Waals surface area contributed by atoms with E-state index >= 15 is 0 Å². The minimum Gasteiger partial charge on any atom is -0.384 e. The highest BCUT2D eigenvalue weighted by Gasteiger charge is 2.20. The predicted octanol–water partition coefficient (Wildman–Crippen LogP) is 1.36. The summed E-state index contributed by atoms with van der Waals surface area (Å²) in [6.07, 6.45) is 5.90. The lowest BCUT2D eigenvalue weighted by atomic mass is 10.2. The number of anilines is 1. The molecule has 20 heavy (non-hydrogen) atoms. The normalized spacial score (nSPS) is 19.1. The van der Waals surface area contributed by atoms with E-state index in [1.807, 2.05) is 6.92 Å². The predicted molar refractivity (Wildman–Crippen MR) is 77.2 cm³/mol. The Morgan fingerprint density at radius 2 is 2.35 bits per heavy atom.